The molecule has 2 aromatic carbocycles. The first-order chi connectivity index (χ1) is 13.8. The predicted octanol–water partition coefficient (Wildman–Crippen LogP) is 4.40. The third kappa shape index (κ3) is 6.04. The molecular weight excluding hydrogens is 352 g/mol. The molecule has 0 bridgehead atoms. The highest BCUT2D eigenvalue weighted by Crippen LogP contribution is 2.34. The van der Waals surface area contributed by atoms with Crippen molar-refractivity contribution >= 4 is 5.97 Å². The number of carbonyl (C=O) groups is 1. The van der Waals surface area contributed by atoms with Gasteiger partial charge in [-0.05, 0) is 23.0 Å². The van der Waals surface area contributed by atoms with Crippen molar-refractivity contribution in [3.8, 4) is 0 Å². The zero-order chi connectivity index (χ0) is 19.6. The molecule has 148 valence electrons. The fourth-order valence-electron chi connectivity index (χ4n) is 3.58. The number of hydrogen-bond donors (Lipinski definition) is 0. The summed E-state index contributed by atoms with van der Waals surface area (Å²) >= 11 is 0. The molecule has 0 spiro atoms. The van der Waals surface area contributed by atoms with Gasteiger partial charge in [0.2, 0.25) is 0 Å². The number of rotatable bonds is 10. The van der Waals surface area contributed by atoms with E-state index in [4.69, 9.17) is 14.2 Å². The summed E-state index contributed by atoms with van der Waals surface area (Å²) in [4.78, 5) is 11.8. The monoisotopic (exact) mass is 380 g/mol. The van der Waals surface area contributed by atoms with E-state index in [0.29, 0.717) is 32.8 Å². The molecule has 0 aliphatic heterocycles. The van der Waals surface area contributed by atoms with Crippen LogP contribution in [0.3, 0.4) is 0 Å². The van der Waals surface area contributed by atoms with E-state index in [0.717, 1.165) is 11.1 Å². The Morgan fingerprint density at radius 2 is 1.32 bits per heavy atom. The zero-order valence-corrected chi connectivity index (χ0v) is 16.3. The molecule has 4 nitrogen and oxygen atoms in total. The summed E-state index contributed by atoms with van der Waals surface area (Å²) < 4.78 is 16.8. The molecule has 0 saturated carbocycles. The molecule has 0 amide bonds. The van der Waals surface area contributed by atoms with Crippen LogP contribution in [0.4, 0.5) is 0 Å². The van der Waals surface area contributed by atoms with E-state index in [2.05, 4.69) is 36.4 Å². The van der Waals surface area contributed by atoms with Crippen LogP contribution in [0.1, 0.15) is 17.5 Å². The van der Waals surface area contributed by atoms with Crippen LogP contribution >= 0.6 is 0 Å². The van der Waals surface area contributed by atoms with Gasteiger partial charge < -0.3 is 14.2 Å². The van der Waals surface area contributed by atoms with Crippen LogP contribution in [-0.2, 0) is 32.2 Å². The first-order valence-corrected chi connectivity index (χ1v) is 9.74. The fourth-order valence-corrected chi connectivity index (χ4v) is 3.58. The summed E-state index contributed by atoms with van der Waals surface area (Å²) in [5.41, 5.74) is 2.31. The van der Waals surface area contributed by atoms with Crippen LogP contribution in [0, 0.1) is 17.8 Å². The Labute approximate surface area is 167 Å². The van der Waals surface area contributed by atoms with Crippen molar-refractivity contribution in [3.63, 3.8) is 0 Å². The molecule has 0 unspecified atom stereocenters. The second-order valence-corrected chi connectivity index (χ2v) is 7.16. The Morgan fingerprint density at radius 1 is 0.786 bits per heavy atom. The first-order valence-electron chi connectivity index (χ1n) is 9.74. The molecule has 0 heterocycles. The van der Waals surface area contributed by atoms with Gasteiger partial charge in [-0.2, -0.15) is 0 Å². The lowest BCUT2D eigenvalue weighted by Gasteiger charge is -2.25. The molecule has 28 heavy (non-hydrogen) atoms. The minimum absolute atomic E-state index is 0.119. The Hall–Kier alpha value is -2.43. The van der Waals surface area contributed by atoms with Crippen LogP contribution < -0.4 is 0 Å². The van der Waals surface area contributed by atoms with E-state index in [1.54, 1.807) is 0 Å². The van der Waals surface area contributed by atoms with Gasteiger partial charge in [-0.1, -0.05) is 72.8 Å². The van der Waals surface area contributed by atoms with Crippen molar-refractivity contribution < 1.29 is 19.0 Å². The molecule has 0 radical (unpaired) electrons. The van der Waals surface area contributed by atoms with Crippen molar-refractivity contribution in [1.82, 2.24) is 0 Å². The van der Waals surface area contributed by atoms with E-state index in [-0.39, 0.29) is 23.7 Å². The SMILES string of the molecule is COC(=O)C[C@H]1C=C[C@@H](COCc2ccccc2)[C@H]1COCc1ccccc1. The molecule has 0 aromatic heterocycles. The second kappa shape index (κ2) is 10.8. The lowest BCUT2D eigenvalue weighted by atomic mass is 9.87. The van der Waals surface area contributed by atoms with Gasteiger partial charge in [-0.25, -0.2) is 0 Å². The van der Waals surface area contributed by atoms with Crippen LogP contribution in [0.2, 0.25) is 0 Å². The number of ether oxygens (including phenoxy) is 3. The van der Waals surface area contributed by atoms with Gasteiger partial charge in [0.1, 0.15) is 0 Å². The molecule has 0 fully saturated rings. The van der Waals surface area contributed by atoms with Crippen molar-refractivity contribution in [2.75, 3.05) is 20.3 Å². The summed E-state index contributed by atoms with van der Waals surface area (Å²) in [5, 5.41) is 0. The molecule has 1 aliphatic rings. The number of carbonyl (C=O) groups excluding carboxylic acids is 1. The molecule has 3 rings (SSSR count). The first kappa shape index (κ1) is 20.3. The summed E-state index contributed by atoms with van der Waals surface area (Å²) in [7, 11) is 1.43. The van der Waals surface area contributed by atoms with Gasteiger partial charge in [0.15, 0.2) is 0 Å². The van der Waals surface area contributed by atoms with Gasteiger partial charge >= 0.3 is 5.97 Å². The topological polar surface area (TPSA) is 44.8 Å². The highest BCUT2D eigenvalue weighted by molar-refractivity contribution is 5.69. The Bertz CT molecular complexity index is 742. The van der Waals surface area contributed by atoms with Gasteiger partial charge in [0, 0.05) is 5.92 Å². The number of allylic oxidation sites excluding steroid dienone is 1. The Kier molecular flexibility index (Phi) is 7.82. The molecular formula is C24H28O4. The van der Waals surface area contributed by atoms with Gasteiger partial charge in [0.05, 0.1) is 40.0 Å². The minimum atomic E-state index is -0.187. The van der Waals surface area contributed by atoms with Crippen molar-refractivity contribution in [1.29, 1.82) is 0 Å². The lowest BCUT2D eigenvalue weighted by molar-refractivity contribution is -0.142. The zero-order valence-electron chi connectivity index (χ0n) is 16.3. The lowest BCUT2D eigenvalue weighted by Crippen LogP contribution is -2.26. The number of hydrogen-bond acceptors (Lipinski definition) is 4. The molecule has 4 heteroatoms. The largest absolute Gasteiger partial charge is 0.469 e. The van der Waals surface area contributed by atoms with E-state index in [1.165, 1.54) is 7.11 Å². The standard InChI is InChI=1S/C24H28O4/c1-26-24(25)14-21-12-13-22(17-27-15-19-8-4-2-5-9-19)23(21)18-28-16-20-10-6-3-7-11-20/h2-13,21-23H,14-18H2,1H3/t21-,22+,23+/m1/s1. The molecule has 1 aliphatic carbocycles. The smallest absolute Gasteiger partial charge is 0.306 e. The number of methoxy groups -OCH3 is 1. The fraction of sp³-hybridized carbons (Fsp3) is 0.375. The third-order valence-corrected chi connectivity index (χ3v) is 5.18. The van der Waals surface area contributed by atoms with Gasteiger partial charge in [0.25, 0.3) is 0 Å². The molecule has 0 saturated heterocycles. The van der Waals surface area contributed by atoms with Gasteiger partial charge in [-0.3, -0.25) is 4.79 Å². The Morgan fingerprint density at radius 3 is 1.89 bits per heavy atom. The summed E-state index contributed by atoms with van der Waals surface area (Å²) in [5.74, 6) is 0.370. The maximum atomic E-state index is 11.8. The van der Waals surface area contributed by atoms with Gasteiger partial charge in [-0.15, -0.1) is 0 Å². The van der Waals surface area contributed by atoms with Crippen molar-refractivity contribution in [2.24, 2.45) is 17.8 Å². The van der Waals surface area contributed by atoms with E-state index in [1.807, 2.05) is 36.4 Å². The van der Waals surface area contributed by atoms with Crippen LogP contribution in [0.5, 0.6) is 0 Å². The van der Waals surface area contributed by atoms with E-state index in [9.17, 15) is 4.79 Å². The second-order valence-electron chi connectivity index (χ2n) is 7.16. The third-order valence-electron chi connectivity index (χ3n) is 5.18. The summed E-state index contributed by atoms with van der Waals surface area (Å²) in [6, 6.07) is 20.3. The van der Waals surface area contributed by atoms with Crippen LogP contribution in [0.15, 0.2) is 72.8 Å². The van der Waals surface area contributed by atoms with Crippen molar-refractivity contribution in [2.45, 2.75) is 19.6 Å². The average Bonchev–Trinajstić information content (AvgIpc) is 3.11. The van der Waals surface area contributed by atoms with Crippen LogP contribution in [-0.4, -0.2) is 26.3 Å². The Balaban J connectivity index is 1.53. The van der Waals surface area contributed by atoms with Crippen LogP contribution in [0.25, 0.3) is 0 Å². The molecule has 3 atom stereocenters. The minimum Gasteiger partial charge on any atom is -0.469 e. The molecule has 0 N–H and O–H groups in total. The normalized spacial score (nSPS) is 21.0. The predicted molar refractivity (Wildman–Crippen MR) is 108 cm³/mol. The summed E-state index contributed by atoms with van der Waals surface area (Å²) in [6.45, 7) is 2.36. The highest BCUT2D eigenvalue weighted by atomic mass is 16.5. The maximum Gasteiger partial charge on any atom is 0.306 e. The average molecular weight is 380 g/mol. The number of benzene rings is 2. The quantitative estimate of drug-likeness (QED) is 0.453. The highest BCUT2D eigenvalue weighted by Gasteiger charge is 2.33. The van der Waals surface area contributed by atoms with E-state index >= 15 is 0 Å². The summed E-state index contributed by atoms with van der Waals surface area (Å²) in [6.07, 6.45) is 4.65. The number of esters is 1. The maximum absolute atomic E-state index is 11.8. The van der Waals surface area contributed by atoms with E-state index < -0.39 is 0 Å². The van der Waals surface area contributed by atoms with Crippen molar-refractivity contribution in [3.05, 3.63) is 83.9 Å². The molecule has 2 aromatic rings.